The van der Waals surface area contributed by atoms with Crippen LogP contribution < -0.4 is 5.30 Å². The third-order valence-corrected chi connectivity index (χ3v) is 5.27. The number of halogens is 2. The first-order chi connectivity index (χ1) is 12.5. The van der Waals surface area contributed by atoms with E-state index in [9.17, 15) is 8.78 Å². The third-order valence-electron chi connectivity index (χ3n) is 4.85. The summed E-state index contributed by atoms with van der Waals surface area (Å²) < 4.78 is 29.0. The van der Waals surface area contributed by atoms with Crippen molar-refractivity contribution in [1.82, 2.24) is 24.5 Å². The summed E-state index contributed by atoms with van der Waals surface area (Å²) in [5.74, 6) is -0.674. The predicted octanol–water partition coefficient (Wildman–Crippen LogP) is 2.59. The van der Waals surface area contributed by atoms with Gasteiger partial charge in [-0.2, -0.15) is 10.1 Å². The van der Waals surface area contributed by atoms with Gasteiger partial charge in [0.05, 0.1) is 5.69 Å². The Morgan fingerprint density at radius 1 is 1.27 bits per heavy atom. The Labute approximate surface area is 152 Å². The molecule has 0 bridgehead atoms. The maximum absolute atomic E-state index is 13.7. The average Bonchev–Trinajstić information content (AvgIpc) is 3.07. The zero-order chi connectivity index (χ0) is 18.3. The smallest absolute Gasteiger partial charge is 0.252 e. The molecular formula is C18H20F2N5P. The van der Waals surface area contributed by atoms with Crippen LogP contribution in [0.5, 0.6) is 0 Å². The lowest BCUT2D eigenvalue weighted by Crippen LogP contribution is -2.35. The van der Waals surface area contributed by atoms with Crippen LogP contribution in [0.4, 0.5) is 8.78 Å². The first-order valence-electron chi connectivity index (χ1n) is 8.64. The molecule has 3 heterocycles. The van der Waals surface area contributed by atoms with E-state index < -0.39 is 11.6 Å². The van der Waals surface area contributed by atoms with Gasteiger partial charge in [0, 0.05) is 30.0 Å². The zero-order valence-electron chi connectivity index (χ0n) is 14.5. The Morgan fingerprint density at radius 2 is 2.12 bits per heavy atom. The van der Waals surface area contributed by atoms with Crippen molar-refractivity contribution in [3.63, 3.8) is 0 Å². The van der Waals surface area contributed by atoms with Crippen molar-refractivity contribution in [2.75, 3.05) is 13.1 Å². The summed E-state index contributed by atoms with van der Waals surface area (Å²) >= 11 is 0. The topological polar surface area (TPSA) is 46.3 Å². The average molecular weight is 375 g/mol. The van der Waals surface area contributed by atoms with Gasteiger partial charge in [0.15, 0.2) is 11.6 Å². The van der Waals surface area contributed by atoms with E-state index in [4.69, 9.17) is 0 Å². The number of aryl methyl sites for hydroxylation is 1. The van der Waals surface area contributed by atoms with E-state index in [2.05, 4.69) is 35.3 Å². The molecule has 4 rings (SSSR count). The Bertz CT molecular complexity index is 935. The number of piperidine rings is 1. The lowest BCUT2D eigenvalue weighted by atomic mass is 9.93. The summed E-state index contributed by atoms with van der Waals surface area (Å²) in [6.45, 7) is 4.33. The highest BCUT2D eigenvalue weighted by Crippen LogP contribution is 2.28. The van der Waals surface area contributed by atoms with Crippen molar-refractivity contribution in [1.29, 1.82) is 0 Å². The molecule has 0 amide bonds. The number of nitrogens with zero attached hydrogens (tertiary/aromatic N) is 5. The fourth-order valence-electron chi connectivity index (χ4n) is 3.71. The van der Waals surface area contributed by atoms with E-state index in [0.29, 0.717) is 18.2 Å². The van der Waals surface area contributed by atoms with Crippen LogP contribution in [0.15, 0.2) is 24.5 Å². The molecule has 1 fully saturated rings. The molecular weight excluding hydrogens is 355 g/mol. The number of hydrogen-bond donors (Lipinski definition) is 0. The van der Waals surface area contributed by atoms with Gasteiger partial charge in [0.1, 0.15) is 6.33 Å². The highest BCUT2D eigenvalue weighted by Gasteiger charge is 2.25. The van der Waals surface area contributed by atoms with Crippen molar-refractivity contribution in [3.8, 4) is 0 Å². The van der Waals surface area contributed by atoms with Crippen LogP contribution in [-0.2, 0) is 6.54 Å². The summed E-state index contributed by atoms with van der Waals surface area (Å²) in [7, 11) is 2.26. The van der Waals surface area contributed by atoms with E-state index in [1.165, 1.54) is 12.4 Å². The van der Waals surface area contributed by atoms with E-state index in [0.717, 1.165) is 42.9 Å². The van der Waals surface area contributed by atoms with Gasteiger partial charge in [0.25, 0.3) is 5.78 Å². The number of benzene rings is 1. The Balaban J connectivity index is 1.57. The van der Waals surface area contributed by atoms with E-state index in [-0.39, 0.29) is 5.30 Å². The number of aromatic nitrogens is 4. The van der Waals surface area contributed by atoms with Gasteiger partial charge in [-0.15, -0.1) is 9.24 Å². The molecule has 2 unspecified atom stereocenters. The summed E-state index contributed by atoms with van der Waals surface area (Å²) in [5, 5.41) is 4.57. The van der Waals surface area contributed by atoms with Crippen LogP contribution in [0.2, 0.25) is 0 Å². The quantitative estimate of drug-likeness (QED) is 0.661. The minimum atomic E-state index is -0.796. The molecule has 2 atom stereocenters. The maximum atomic E-state index is 13.7. The molecule has 0 saturated carbocycles. The molecule has 1 aromatic carbocycles. The van der Waals surface area contributed by atoms with Crippen molar-refractivity contribution >= 4 is 20.3 Å². The standard InChI is InChI=1S/C18H20F2N5P/c1-11-5-15(25-18(23-11)21-10-22-25)13-3-2-4-24(9-13)8-12-6-14(19)17(20)16(26)7-12/h5-7,10,13H,2-4,8-9,26H2,1H3. The monoisotopic (exact) mass is 375 g/mol. The van der Waals surface area contributed by atoms with Crippen molar-refractivity contribution in [2.45, 2.75) is 32.2 Å². The lowest BCUT2D eigenvalue weighted by molar-refractivity contribution is 0.197. The number of fused-ring (bicyclic) bond motifs is 1. The molecule has 1 aliphatic heterocycles. The SMILES string of the molecule is Cc1cc(C2CCCN(Cc3cc(F)c(F)c(P)c3)C2)n2ncnc2n1. The van der Waals surface area contributed by atoms with Gasteiger partial charge in [-0.3, -0.25) is 4.90 Å². The first-order valence-corrected chi connectivity index (χ1v) is 9.22. The Morgan fingerprint density at radius 3 is 2.92 bits per heavy atom. The predicted molar refractivity (Wildman–Crippen MR) is 98.5 cm³/mol. The Kier molecular flexibility index (Phi) is 4.67. The summed E-state index contributed by atoms with van der Waals surface area (Å²) in [4.78, 5) is 10.9. The molecule has 8 heteroatoms. The van der Waals surface area contributed by atoms with Gasteiger partial charge in [0.2, 0.25) is 0 Å². The lowest BCUT2D eigenvalue weighted by Gasteiger charge is -2.33. The molecule has 5 nitrogen and oxygen atoms in total. The number of rotatable bonds is 3. The molecule has 0 spiro atoms. The molecule has 26 heavy (non-hydrogen) atoms. The van der Waals surface area contributed by atoms with E-state index in [1.807, 2.05) is 6.92 Å². The zero-order valence-corrected chi connectivity index (χ0v) is 15.6. The highest BCUT2D eigenvalue weighted by atomic mass is 31.0. The summed E-state index contributed by atoms with van der Waals surface area (Å²) in [6, 6.07) is 5.05. The van der Waals surface area contributed by atoms with Crippen molar-refractivity contribution in [3.05, 3.63) is 53.1 Å². The normalized spacial score (nSPS) is 18.5. The van der Waals surface area contributed by atoms with Gasteiger partial charge >= 0.3 is 0 Å². The van der Waals surface area contributed by atoms with Gasteiger partial charge in [-0.1, -0.05) is 0 Å². The molecule has 1 aliphatic rings. The van der Waals surface area contributed by atoms with Crippen LogP contribution >= 0.6 is 9.24 Å². The van der Waals surface area contributed by atoms with Crippen LogP contribution in [0.25, 0.3) is 5.78 Å². The molecule has 2 aromatic heterocycles. The minimum absolute atomic E-state index is 0.266. The second-order valence-corrected chi connectivity index (χ2v) is 7.47. The van der Waals surface area contributed by atoms with Crippen LogP contribution in [0.1, 0.15) is 35.7 Å². The molecule has 0 aliphatic carbocycles. The van der Waals surface area contributed by atoms with E-state index >= 15 is 0 Å². The highest BCUT2D eigenvalue weighted by molar-refractivity contribution is 7.27. The van der Waals surface area contributed by atoms with Crippen molar-refractivity contribution < 1.29 is 8.78 Å². The fraction of sp³-hybridized carbons (Fsp3) is 0.389. The third kappa shape index (κ3) is 3.33. The molecule has 0 N–H and O–H groups in total. The second kappa shape index (κ2) is 6.97. The molecule has 136 valence electrons. The van der Waals surface area contributed by atoms with E-state index in [1.54, 1.807) is 10.6 Å². The molecule has 1 saturated heterocycles. The van der Waals surface area contributed by atoms with Crippen molar-refractivity contribution in [2.24, 2.45) is 0 Å². The Hall–Kier alpha value is -1.98. The fourth-order valence-corrected chi connectivity index (χ4v) is 4.06. The number of hydrogen-bond acceptors (Lipinski definition) is 4. The molecule has 0 radical (unpaired) electrons. The number of likely N-dealkylation sites (tertiary alicyclic amines) is 1. The second-order valence-electron chi connectivity index (χ2n) is 6.85. The van der Waals surface area contributed by atoms with Crippen LogP contribution in [0.3, 0.4) is 0 Å². The van der Waals surface area contributed by atoms with Gasteiger partial charge in [-0.05, 0) is 50.1 Å². The largest absolute Gasteiger partial charge is 0.298 e. The molecule has 3 aromatic rings. The first kappa shape index (κ1) is 17.4. The van der Waals surface area contributed by atoms with Crippen LogP contribution in [-0.4, -0.2) is 37.6 Å². The minimum Gasteiger partial charge on any atom is -0.298 e. The van der Waals surface area contributed by atoms with Gasteiger partial charge < -0.3 is 0 Å². The van der Waals surface area contributed by atoms with Gasteiger partial charge in [-0.25, -0.2) is 18.3 Å². The van der Waals surface area contributed by atoms with Crippen LogP contribution in [0, 0.1) is 18.6 Å². The maximum Gasteiger partial charge on any atom is 0.252 e. The summed E-state index contributed by atoms with van der Waals surface area (Å²) in [6.07, 6.45) is 3.62. The summed E-state index contributed by atoms with van der Waals surface area (Å²) in [5.41, 5.74) is 2.81.